The summed E-state index contributed by atoms with van der Waals surface area (Å²) in [5.41, 5.74) is 13.4. The second-order valence-corrected chi connectivity index (χ2v) is 13.1. The molecule has 3 nitrogen and oxygen atoms in total. The van der Waals surface area contributed by atoms with Gasteiger partial charge in [-0.05, 0) is 57.2 Å². The first kappa shape index (κ1) is 28.6. The molecule has 3 heteroatoms. The number of hydrogen-bond donors (Lipinski definition) is 1. The number of fused-ring (bicyclic) bond motifs is 9. The summed E-state index contributed by atoms with van der Waals surface area (Å²) in [6, 6.07) is 62.5. The van der Waals surface area contributed by atoms with E-state index in [1.54, 1.807) is 0 Å². The molecular formula is C47H32N2O. The predicted octanol–water partition coefficient (Wildman–Crippen LogP) is 11.0. The zero-order chi connectivity index (χ0) is 33.1. The summed E-state index contributed by atoms with van der Waals surface area (Å²) < 4.78 is 6.56. The fourth-order valence-electron chi connectivity index (χ4n) is 8.24. The Morgan fingerprint density at radius 1 is 0.460 bits per heavy atom. The molecule has 7 aromatic rings. The first-order chi connectivity index (χ1) is 24.8. The highest BCUT2D eigenvalue weighted by Gasteiger charge is 2.51. The molecule has 0 saturated carbocycles. The van der Waals surface area contributed by atoms with Gasteiger partial charge in [0.1, 0.15) is 17.3 Å². The third-order valence-corrected chi connectivity index (χ3v) is 10.4. The summed E-state index contributed by atoms with van der Waals surface area (Å²) in [5.74, 6) is 2.64. The molecule has 0 bridgehead atoms. The molecule has 1 N–H and O–H groups in total. The number of aliphatic imine (C=N–C) groups is 1. The van der Waals surface area contributed by atoms with Crippen LogP contribution in [0.3, 0.4) is 0 Å². The maximum Gasteiger partial charge on any atom is 0.134 e. The first-order valence-corrected chi connectivity index (χ1v) is 17.2. The van der Waals surface area contributed by atoms with Gasteiger partial charge < -0.3 is 10.1 Å². The maximum atomic E-state index is 6.56. The van der Waals surface area contributed by atoms with Crippen molar-refractivity contribution in [2.75, 3.05) is 0 Å². The Hall–Kier alpha value is -6.45. The second kappa shape index (κ2) is 11.3. The molecule has 50 heavy (non-hydrogen) atoms. The Morgan fingerprint density at radius 2 is 1.00 bits per heavy atom. The van der Waals surface area contributed by atoms with E-state index in [2.05, 4.69) is 187 Å². The summed E-state index contributed by atoms with van der Waals surface area (Å²) in [7, 11) is 0. The van der Waals surface area contributed by atoms with Gasteiger partial charge in [0.05, 0.1) is 17.2 Å². The van der Waals surface area contributed by atoms with Crippen LogP contribution in [0.1, 0.15) is 45.0 Å². The summed E-state index contributed by atoms with van der Waals surface area (Å²) in [6.07, 6.45) is 2.28. The Kier molecular flexibility index (Phi) is 6.47. The van der Waals surface area contributed by atoms with Crippen LogP contribution in [-0.4, -0.2) is 5.84 Å². The molecular weight excluding hydrogens is 609 g/mol. The van der Waals surface area contributed by atoms with Crippen LogP contribution >= 0.6 is 0 Å². The topological polar surface area (TPSA) is 33.6 Å². The lowest BCUT2D eigenvalue weighted by Crippen LogP contribution is -2.32. The van der Waals surface area contributed by atoms with Crippen LogP contribution in [0.5, 0.6) is 11.5 Å². The Bertz CT molecular complexity index is 2430. The van der Waals surface area contributed by atoms with Crippen LogP contribution in [0, 0.1) is 0 Å². The van der Waals surface area contributed by atoms with Crippen molar-refractivity contribution in [2.24, 2.45) is 4.99 Å². The molecule has 0 saturated heterocycles. The van der Waals surface area contributed by atoms with Crippen LogP contribution in [-0.2, 0) is 5.41 Å². The molecule has 0 fully saturated rings. The van der Waals surface area contributed by atoms with Gasteiger partial charge in [0.25, 0.3) is 0 Å². The highest BCUT2D eigenvalue weighted by molar-refractivity contribution is 6.05. The molecule has 2 aliphatic heterocycles. The summed E-state index contributed by atoms with van der Waals surface area (Å²) in [5, 5.41) is 3.77. The van der Waals surface area contributed by atoms with E-state index in [1.807, 2.05) is 0 Å². The quantitative estimate of drug-likeness (QED) is 0.208. The van der Waals surface area contributed by atoms with Crippen LogP contribution in [0.2, 0.25) is 0 Å². The number of amidine groups is 1. The molecule has 1 aliphatic carbocycles. The number of nitrogens with one attached hydrogen (secondary N) is 1. The standard InChI is InChI=1S/C47H32N2O/c1-3-14-31(15-4-1)32-26-28-34(29-27-32)46-48-41(33-16-5-2-6-17-33)30-42(49-46)36-19-13-23-40-45(36)35-18-7-8-20-37(35)47(40)38-21-9-11-24-43(38)50-44-25-12-10-22-39(44)47/h1-30,41H,(H,48,49). The highest BCUT2D eigenvalue weighted by atomic mass is 16.5. The number of rotatable bonds is 4. The van der Waals surface area contributed by atoms with Crippen molar-refractivity contribution >= 4 is 11.5 Å². The number of benzene rings is 7. The minimum absolute atomic E-state index is 0.0569. The summed E-state index contributed by atoms with van der Waals surface area (Å²) in [6.45, 7) is 0. The van der Waals surface area contributed by atoms with E-state index in [1.165, 1.54) is 38.9 Å². The van der Waals surface area contributed by atoms with Crippen molar-refractivity contribution in [1.29, 1.82) is 0 Å². The Balaban J connectivity index is 1.19. The molecule has 1 spiro atoms. The van der Waals surface area contributed by atoms with Gasteiger partial charge in [-0.3, -0.25) is 0 Å². The molecule has 236 valence electrons. The molecule has 7 aromatic carbocycles. The lowest BCUT2D eigenvalue weighted by Gasteiger charge is -2.39. The van der Waals surface area contributed by atoms with E-state index in [4.69, 9.17) is 9.73 Å². The smallest absolute Gasteiger partial charge is 0.134 e. The average molecular weight is 641 g/mol. The van der Waals surface area contributed by atoms with Gasteiger partial charge in [-0.2, -0.15) is 0 Å². The van der Waals surface area contributed by atoms with E-state index in [-0.39, 0.29) is 6.04 Å². The number of para-hydroxylation sites is 2. The van der Waals surface area contributed by atoms with Crippen molar-refractivity contribution in [3.8, 4) is 33.8 Å². The van der Waals surface area contributed by atoms with Gasteiger partial charge in [-0.25, -0.2) is 4.99 Å². The van der Waals surface area contributed by atoms with Gasteiger partial charge in [0.15, 0.2) is 0 Å². The van der Waals surface area contributed by atoms with Crippen LogP contribution < -0.4 is 10.1 Å². The maximum absolute atomic E-state index is 6.56. The second-order valence-electron chi connectivity index (χ2n) is 13.1. The highest BCUT2D eigenvalue weighted by Crippen LogP contribution is 2.63. The van der Waals surface area contributed by atoms with Crippen molar-refractivity contribution in [3.63, 3.8) is 0 Å². The van der Waals surface area contributed by atoms with Crippen LogP contribution in [0.4, 0.5) is 0 Å². The minimum Gasteiger partial charge on any atom is -0.457 e. The SMILES string of the molecule is C1=C(c2cccc3c2-c2ccccc2C32c3ccccc3Oc3ccccc32)N=C(c2ccc(-c3ccccc3)cc2)NC1c1ccccc1. The molecule has 2 heterocycles. The molecule has 0 radical (unpaired) electrons. The molecule has 3 aliphatic rings. The Labute approximate surface area is 291 Å². The van der Waals surface area contributed by atoms with Crippen molar-refractivity contribution < 1.29 is 4.74 Å². The fraction of sp³-hybridized carbons (Fsp3) is 0.0426. The van der Waals surface area contributed by atoms with Crippen molar-refractivity contribution in [2.45, 2.75) is 11.5 Å². The van der Waals surface area contributed by atoms with E-state index in [9.17, 15) is 0 Å². The van der Waals surface area contributed by atoms with E-state index < -0.39 is 5.41 Å². The normalized spacial score (nSPS) is 16.1. The Morgan fingerprint density at radius 3 is 1.72 bits per heavy atom. The first-order valence-electron chi connectivity index (χ1n) is 17.2. The summed E-state index contributed by atoms with van der Waals surface area (Å²) >= 11 is 0. The molecule has 0 aromatic heterocycles. The lowest BCUT2D eigenvalue weighted by atomic mass is 9.66. The molecule has 0 amide bonds. The summed E-state index contributed by atoms with van der Waals surface area (Å²) in [4.78, 5) is 5.42. The van der Waals surface area contributed by atoms with Gasteiger partial charge in [-0.1, -0.05) is 164 Å². The third-order valence-electron chi connectivity index (χ3n) is 10.4. The van der Waals surface area contributed by atoms with Crippen molar-refractivity contribution in [3.05, 3.63) is 221 Å². The van der Waals surface area contributed by atoms with Gasteiger partial charge >= 0.3 is 0 Å². The number of nitrogens with zero attached hydrogens (tertiary/aromatic N) is 1. The third kappa shape index (κ3) is 4.27. The van der Waals surface area contributed by atoms with E-state index in [0.717, 1.165) is 45.3 Å². The average Bonchev–Trinajstić information content (AvgIpc) is 3.49. The zero-order valence-corrected chi connectivity index (χ0v) is 27.3. The van der Waals surface area contributed by atoms with Crippen molar-refractivity contribution in [1.82, 2.24) is 5.32 Å². The van der Waals surface area contributed by atoms with Gasteiger partial charge in [0, 0.05) is 22.3 Å². The lowest BCUT2D eigenvalue weighted by molar-refractivity contribution is 0.436. The fourth-order valence-corrected chi connectivity index (χ4v) is 8.24. The zero-order valence-electron chi connectivity index (χ0n) is 27.3. The molecule has 1 unspecified atom stereocenters. The van der Waals surface area contributed by atoms with E-state index >= 15 is 0 Å². The van der Waals surface area contributed by atoms with Crippen LogP contribution in [0.15, 0.2) is 187 Å². The predicted molar refractivity (Wildman–Crippen MR) is 203 cm³/mol. The van der Waals surface area contributed by atoms with Crippen LogP contribution in [0.25, 0.3) is 28.0 Å². The monoisotopic (exact) mass is 640 g/mol. The molecule has 10 rings (SSSR count). The van der Waals surface area contributed by atoms with Gasteiger partial charge in [-0.15, -0.1) is 0 Å². The van der Waals surface area contributed by atoms with E-state index in [0.29, 0.717) is 0 Å². The number of hydrogen-bond acceptors (Lipinski definition) is 3. The van der Waals surface area contributed by atoms with Gasteiger partial charge in [0.2, 0.25) is 0 Å². The minimum atomic E-state index is -0.528. The molecule has 1 atom stereocenters. The largest absolute Gasteiger partial charge is 0.457 e. The number of ether oxygens (including phenoxy) is 1.